The van der Waals surface area contributed by atoms with Gasteiger partial charge in [0.2, 0.25) is 0 Å². The van der Waals surface area contributed by atoms with Crippen molar-refractivity contribution in [2.45, 2.75) is 116 Å². The Morgan fingerprint density at radius 1 is 0.800 bits per heavy atom. The summed E-state index contributed by atoms with van der Waals surface area (Å²) in [6.07, 6.45) is 16.6. The highest BCUT2D eigenvalue weighted by atomic mass is 16.5. The van der Waals surface area contributed by atoms with Crippen LogP contribution in [0.15, 0.2) is 38.5 Å². The van der Waals surface area contributed by atoms with Gasteiger partial charge in [0.15, 0.2) is 6.23 Å². The van der Waals surface area contributed by atoms with Crippen LogP contribution in [0.5, 0.6) is 0 Å². The van der Waals surface area contributed by atoms with E-state index in [1.165, 1.54) is 18.2 Å². The first-order valence-corrected chi connectivity index (χ1v) is 19.6. The van der Waals surface area contributed by atoms with Crippen molar-refractivity contribution in [1.29, 1.82) is 0 Å². The number of aliphatic imine (C=N–C) groups is 1. The molecule has 8 nitrogen and oxygen atoms in total. The molecule has 0 radical (unpaired) electrons. The van der Waals surface area contributed by atoms with Gasteiger partial charge in [-0.05, 0) is 129 Å². The SMILES string of the molecule is COC(=O)[C@@]12CCCC3(C=N[C@H]1OC[C@]14CCC[C@](C)(C(=O)OC)[C@@H]1CC[C@H]1[C@@H](C)c5ccoc5C[C@@H]14)[C@@H]1Cc4occc4[C@@H](C)[C@H]1CC[C@@H]32. The van der Waals surface area contributed by atoms with E-state index in [1.54, 1.807) is 7.11 Å². The molecule has 7 aliphatic rings. The van der Waals surface area contributed by atoms with E-state index in [0.29, 0.717) is 42.1 Å². The lowest BCUT2D eigenvalue weighted by Crippen LogP contribution is -2.66. The van der Waals surface area contributed by atoms with Crippen molar-refractivity contribution >= 4 is 18.2 Å². The third-order valence-electron chi connectivity index (χ3n) is 16.6. The van der Waals surface area contributed by atoms with Gasteiger partial charge in [0.05, 0.1) is 38.8 Å². The molecule has 0 N–H and O–H groups in total. The van der Waals surface area contributed by atoms with Crippen LogP contribution in [-0.2, 0) is 36.6 Å². The fraction of sp³-hybridized carbons (Fsp3) is 0.738. The molecule has 0 amide bonds. The van der Waals surface area contributed by atoms with Gasteiger partial charge in [0.25, 0.3) is 0 Å². The van der Waals surface area contributed by atoms with E-state index in [4.69, 9.17) is 28.0 Å². The highest BCUT2D eigenvalue weighted by Crippen LogP contribution is 2.69. The van der Waals surface area contributed by atoms with Gasteiger partial charge >= 0.3 is 11.9 Å². The van der Waals surface area contributed by atoms with Crippen LogP contribution >= 0.6 is 0 Å². The summed E-state index contributed by atoms with van der Waals surface area (Å²) >= 11 is 0. The van der Waals surface area contributed by atoms with Crippen molar-refractivity contribution in [3.05, 3.63) is 47.3 Å². The third-order valence-corrected chi connectivity index (χ3v) is 16.6. The van der Waals surface area contributed by atoms with Crippen molar-refractivity contribution in [1.82, 2.24) is 0 Å². The molecular formula is C42H55NO7. The number of carbonyl (C=O) groups is 2. The van der Waals surface area contributed by atoms with Gasteiger partial charge < -0.3 is 23.0 Å². The van der Waals surface area contributed by atoms with E-state index in [9.17, 15) is 9.59 Å². The van der Waals surface area contributed by atoms with Crippen molar-refractivity contribution in [3.63, 3.8) is 0 Å². The predicted molar refractivity (Wildman–Crippen MR) is 186 cm³/mol. The minimum Gasteiger partial charge on any atom is -0.469 e. The molecule has 3 heterocycles. The molecule has 8 heteroatoms. The first kappa shape index (κ1) is 33.0. The molecule has 13 atom stereocenters. The Morgan fingerprint density at radius 2 is 1.42 bits per heavy atom. The fourth-order valence-electron chi connectivity index (χ4n) is 14.4. The molecule has 9 rings (SSSR count). The van der Waals surface area contributed by atoms with Gasteiger partial charge in [0.1, 0.15) is 16.9 Å². The summed E-state index contributed by atoms with van der Waals surface area (Å²) in [4.78, 5) is 33.4. The van der Waals surface area contributed by atoms with Crippen LogP contribution in [0.25, 0.3) is 0 Å². The lowest BCUT2D eigenvalue weighted by molar-refractivity contribution is -0.220. The maximum Gasteiger partial charge on any atom is 0.316 e. The van der Waals surface area contributed by atoms with Gasteiger partial charge in [0, 0.05) is 29.9 Å². The first-order valence-electron chi connectivity index (χ1n) is 19.6. The monoisotopic (exact) mass is 685 g/mol. The summed E-state index contributed by atoms with van der Waals surface area (Å²) in [7, 11) is 3.07. The number of rotatable bonds is 5. The number of nitrogens with zero attached hydrogens (tertiary/aromatic N) is 1. The maximum atomic E-state index is 14.4. The van der Waals surface area contributed by atoms with Crippen LogP contribution in [0.1, 0.15) is 119 Å². The zero-order chi connectivity index (χ0) is 34.6. The van der Waals surface area contributed by atoms with Gasteiger partial charge in [-0.3, -0.25) is 14.6 Å². The predicted octanol–water partition coefficient (Wildman–Crippen LogP) is 8.28. The van der Waals surface area contributed by atoms with E-state index < -0.39 is 17.1 Å². The summed E-state index contributed by atoms with van der Waals surface area (Å²) in [5, 5.41) is 0. The molecule has 2 aromatic heterocycles. The summed E-state index contributed by atoms with van der Waals surface area (Å²) in [6, 6.07) is 4.32. The third kappa shape index (κ3) is 4.17. The second-order valence-electron chi connectivity index (χ2n) is 17.8. The van der Waals surface area contributed by atoms with Crippen LogP contribution in [0.2, 0.25) is 0 Å². The number of fused-ring (bicyclic) bond motifs is 6. The summed E-state index contributed by atoms with van der Waals surface area (Å²) in [6.45, 7) is 7.32. The molecule has 1 unspecified atom stereocenters. The molecule has 0 spiro atoms. The zero-order valence-corrected chi connectivity index (χ0v) is 30.6. The Kier molecular flexibility index (Phi) is 7.63. The largest absolute Gasteiger partial charge is 0.469 e. The molecule has 270 valence electrons. The van der Waals surface area contributed by atoms with E-state index >= 15 is 0 Å². The second-order valence-corrected chi connectivity index (χ2v) is 17.8. The number of furan rings is 2. The van der Waals surface area contributed by atoms with Crippen LogP contribution in [-0.4, -0.2) is 45.2 Å². The van der Waals surface area contributed by atoms with Crippen molar-refractivity contribution in [3.8, 4) is 0 Å². The number of ether oxygens (including phenoxy) is 3. The molecule has 0 saturated heterocycles. The molecule has 6 aliphatic carbocycles. The van der Waals surface area contributed by atoms with E-state index in [2.05, 4.69) is 39.1 Å². The number of methoxy groups -OCH3 is 2. The minimum atomic E-state index is -0.839. The maximum absolute atomic E-state index is 14.4. The average Bonchev–Trinajstić information content (AvgIpc) is 3.81. The average molecular weight is 686 g/mol. The Hall–Kier alpha value is -2.87. The van der Waals surface area contributed by atoms with Crippen LogP contribution in [0, 0.1) is 57.2 Å². The Balaban J connectivity index is 1.11. The number of hydrogen-bond acceptors (Lipinski definition) is 8. The van der Waals surface area contributed by atoms with Crippen molar-refractivity contribution in [2.75, 3.05) is 20.8 Å². The topological polar surface area (TPSA) is 100 Å². The highest BCUT2D eigenvalue weighted by Gasteiger charge is 2.70. The lowest BCUT2D eigenvalue weighted by Gasteiger charge is -2.64. The van der Waals surface area contributed by atoms with Crippen molar-refractivity contribution in [2.24, 2.45) is 62.2 Å². The van der Waals surface area contributed by atoms with Gasteiger partial charge in [-0.25, -0.2) is 0 Å². The molecule has 2 bridgehead atoms. The first-order chi connectivity index (χ1) is 24.1. The minimum absolute atomic E-state index is 0.100. The van der Waals surface area contributed by atoms with Gasteiger partial charge in [-0.15, -0.1) is 0 Å². The zero-order valence-electron chi connectivity index (χ0n) is 30.6. The van der Waals surface area contributed by atoms with E-state index in [0.717, 1.165) is 88.6 Å². The lowest BCUT2D eigenvalue weighted by atomic mass is 9.41. The van der Waals surface area contributed by atoms with Gasteiger partial charge in [-0.1, -0.05) is 26.7 Å². The Bertz CT molecular complexity index is 1690. The number of carbonyl (C=O) groups excluding carboxylic acids is 2. The van der Waals surface area contributed by atoms with Gasteiger partial charge in [-0.2, -0.15) is 0 Å². The molecule has 1 aliphatic heterocycles. The van der Waals surface area contributed by atoms with Crippen molar-refractivity contribution < 1.29 is 32.6 Å². The van der Waals surface area contributed by atoms with E-state index in [1.807, 2.05) is 12.5 Å². The second kappa shape index (κ2) is 11.6. The molecule has 4 saturated carbocycles. The standard InChI is InChI=1S/C42H55NO7/c1-24-26-9-11-35-40(30(26)20-32-28(24)12-18-48-32)15-7-17-42(35,38(45)47-5)36(43-22-40)50-23-41-16-6-14-39(3,37(44)46-4)34(41)10-8-27-25(2)29-13-19-49-33(29)21-31(27)41/h12-13,18-19,22,24-27,30-31,34-36H,6-11,14-17,20-21,23H2,1-5H3/t24-,25+,26+,27-,30+,31-,34-,35-,36-,39-,40?,41-,42+/m0/s1. The fourth-order valence-corrected chi connectivity index (χ4v) is 14.4. The highest BCUT2D eigenvalue weighted by molar-refractivity contribution is 5.83. The van der Waals surface area contributed by atoms with Crippen LogP contribution < -0.4 is 0 Å². The van der Waals surface area contributed by atoms with Crippen LogP contribution in [0.3, 0.4) is 0 Å². The normalized spacial score (nSPS) is 45.5. The Labute approximate surface area is 296 Å². The molecular weight excluding hydrogens is 630 g/mol. The summed E-state index contributed by atoms with van der Waals surface area (Å²) in [5.74, 6) is 4.61. The molecule has 50 heavy (non-hydrogen) atoms. The van der Waals surface area contributed by atoms with Crippen LogP contribution in [0.4, 0.5) is 0 Å². The quantitative estimate of drug-likeness (QED) is 0.292. The summed E-state index contributed by atoms with van der Waals surface area (Å²) in [5.41, 5.74) is 0.799. The summed E-state index contributed by atoms with van der Waals surface area (Å²) < 4.78 is 30.8. The smallest absolute Gasteiger partial charge is 0.316 e. The molecule has 0 aromatic carbocycles. The molecule has 4 fully saturated rings. The number of esters is 2. The molecule has 2 aromatic rings. The Morgan fingerprint density at radius 3 is 2.10 bits per heavy atom. The van der Waals surface area contributed by atoms with E-state index in [-0.39, 0.29) is 34.6 Å². The number of hydrogen-bond donors (Lipinski definition) is 0.